The molecule has 2 aromatic heterocycles. The Hall–Kier alpha value is -3.87. The smallest absolute Gasteiger partial charge is 0.277 e. The van der Waals surface area contributed by atoms with Crippen molar-refractivity contribution in [3.05, 3.63) is 66.5 Å². The van der Waals surface area contributed by atoms with Crippen molar-refractivity contribution in [3.8, 4) is 22.8 Å². The van der Waals surface area contributed by atoms with E-state index in [-0.39, 0.29) is 11.6 Å². The van der Waals surface area contributed by atoms with Gasteiger partial charge in [-0.3, -0.25) is 9.78 Å². The molecule has 2 heterocycles. The molecule has 4 rings (SSSR count). The summed E-state index contributed by atoms with van der Waals surface area (Å²) in [6.07, 6.45) is 2.60. The van der Waals surface area contributed by atoms with Gasteiger partial charge < -0.3 is 19.3 Å². The number of aromatic nitrogens is 2. The number of pyridine rings is 1. The number of ether oxygens (including phenoxy) is 2. The number of hydrogen-bond donors (Lipinski definition) is 1. The van der Waals surface area contributed by atoms with Crippen LogP contribution in [0.2, 0.25) is 0 Å². The third-order valence-corrected chi connectivity index (χ3v) is 4.56. The molecule has 0 atom stereocenters. The first-order chi connectivity index (χ1) is 14.7. The number of carbonyl (C=O) groups is 1. The highest BCUT2D eigenvalue weighted by Gasteiger charge is 2.16. The maximum Gasteiger partial charge on any atom is 0.277 e. The molecule has 1 N–H and O–H groups in total. The highest BCUT2D eigenvalue weighted by Crippen LogP contribution is 2.30. The Morgan fingerprint density at radius 2 is 1.97 bits per heavy atom. The van der Waals surface area contributed by atoms with Gasteiger partial charge in [0.2, 0.25) is 0 Å². The third-order valence-electron chi connectivity index (χ3n) is 4.56. The number of nitrogens with one attached hydrogen (secondary N) is 1. The number of benzene rings is 2. The molecule has 4 aromatic rings. The van der Waals surface area contributed by atoms with Crippen LogP contribution in [-0.2, 0) is 0 Å². The molecule has 0 aliphatic heterocycles. The topological polar surface area (TPSA) is 86.5 Å². The summed E-state index contributed by atoms with van der Waals surface area (Å²) in [6, 6.07) is 16.3. The average molecular weight is 403 g/mol. The molecule has 0 unspecified atom stereocenters. The number of hydrogen-bond acceptors (Lipinski definition) is 6. The number of nitrogens with zero attached hydrogens (tertiary/aromatic N) is 2. The van der Waals surface area contributed by atoms with E-state index >= 15 is 0 Å². The molecule has 7 nitrogen and oxygen atoms in total. The Balaban J connectivity index is 1.57. The molecule has 0 bridgehead atoms. The molecule has 0 aliphatic carbocycles. The molecule has 7 heteroatoms. The molecule has 30 heavy (non-hydrogen) atoms. The van der Waals surface area contributed by atoms with Crippen LogP contribution < -0.4 is 14.8 Å². The fourth-order valence-electron chi connectivity index (χ4n) is 3.04. The van der Waals surface area contributed by atoms with E-state index in [4.69, 9.17) is 14.0 Å². The van der Waals surface area contributed by atoms with Gasteiger partial charge in [-0.2, -0.15) is 0 Å². The van der Waals surface area contributed by atoms with Gasteiger partial charge in [-0.05, 0) is 55.0 Å². The van der Waals surface area contributed by atoms with Gasteiger partial charge in [0.25, 0.3) is 5.91 Å². The molecule has 0 spiro atoms. The van der Waals surface area contributed by atoms with Gasteiger partial charge in [0.1, 0.15) is 17.0 Å². The molecular formula is C23H21N3O4. The van der Waals surface area contributed by atoms with Crippen molar-refractivity contribution in [2.24, 2.45) is 0 Å². The molecule has 0 radical (unpaired) electrons. The van der Waals surface area contributed by atoms with Crippen molar-refractivity contribution < 1.29 is 18.8 Å². The summed E-state index contributed by atoms with van der Waals surface area (Å²) in [7, 11) is 1.60. The van der Waals surface area contributed by atoms with Crippen LogP contribution >= 0.6 is 0 Å². The molecule has 2 aromatic carbocycles. The molecule has 0 aliphatic rings. The second-order valence-corrected chi connectivity index (χ2v) is 6.62. The summed E-state index contributed by atoms with van der Waals surface area (Å²) in [4.78, 5) is 17.2. The second-order valence-electron chi connectivity index (χ2n) is 6.62. The highest BCUT2D eigenvalue weighted by molar-refractivity contribution is 6.08. The zero-order valence-electron chi connectivity index (χ0n) is 16.7. The van der Waals surface area contributed by atoms with Gasteiger partial charge in [0, 0.05) is 23.2 Å². The Kier molecular flexibility index (Phi) is 5.61. The number of amides is 1. The lowest BCUT2D eigenvalue weighted by atomic mass is 10.1. The Morgan fingerprint density at radius 3 is 2.73 bits per heavy atom. The SMILES string of the molecule is CCCOc1ccc(NC(=O)c2cc(-c3ccc(OC)cc3)on2)c2cccnc12. The Labute approximate surface area is 173 Å². The molecule has 1 amide bonds. The summed E-state index contributed by atoms with van der Waals surface area (Å²) in [5.41, 5.74) is 2.31. The van der Waals surface area contributed by atoms with Crippen LogP contribution in [0.15, 0.2) is 65.3 Å². The average Bonchev–Trinajstić information content (AvgIpc) is 3.29. The lowest BCUT2D eigenvalue weighted by molar-refractivity contribution is 0.101. The van der Waals surface area contributed by atoms with Crippen LogP contribution in [0.4, 0.5) is 5.69 Å². The lowest BCUT2D eigenvalue weighted by Gasteiger charge is -2.11. The summed E-state index contributed by atoms with van der Waals surface area (Å²) in [5.74, 6) is 1.56. The number of carbonyl (C=O) groups excluding carboxylic acids is 1. The quantitative estimate of drug-likeness (QED) is 0.470. The number of fused-ring (bicyclic) bond motifs is 1. The van der Waals surface area contributed by atoms with Gasteiger partial charge >= 0.3 is 0 Å². The maximum atomic E-state index is 12.8. The van der Waals surface area contributed by atoms with Crippen molar-refractivity contribution in [2.45, 2.75) is 13.3 Å². The number of anilines is 1. The van der Waals surface area contributed by atoms with Crippen molar-refractivity contribution >= 4 is 22.5 Å². The van der Waals surface area contributed by atoms with Gasteiger partial charge in [-0.1, -0.05) is 12.1 Å². The summed E-state index contributed by atoms with van der Waals surface area (Å²) in [6.45, 7) is 2.65. The summed E-state index contributed by atoms with van der Waals surface area (Å²) >= 11 is 0. The van der Waals surface area contributed by atoms with Gasteiger partial charge in [-0.25, -0.2) is 0 Å². The third kappa shape index (κ3) is 3.96. The van der Waals surface area contributed by atoms with E-state index in [9.17, 15) is 4.79 Å². The van der Waals surface area contributed by atoms with E-state index in [1.54, 1.807) is 25.4 Å². The standard InChI is InChI=1S/C23H21N3O4/c1-3-13-29-20-11-10-18(17-5-4-12-24-22(17)20)25-23(27)19-14-21(30-26-19)15-6-8-16(28-2)9-7-15/h4-12,14H,3,13H2,1-2H3,(H,25,27). The van der Waals surface area contributed by atoms with Crippen LogP contribution in [-0.4, -0.2) is 29.8 Å². The minimum Gasteiger partial charge on any atom is -0.497 e. The molecule has 0 saturated heterocycles. The van der Waals surface area contributed by atoms with Crippen molar-refractivity contribution in [2.75, 3.05) is 19.0 Å². The fourth-order valence-corrected chi connectivity index (χ4v) is 3.04. The van der Waals surface area contributed by atoms with Crippen molar-refractivity contribution in [3.63, 3.8) is 0 Å². The first-order valence-corrected chi connectivity index (χ1v) is 9.62. The zero-order chi connectivity index (χ0) is 20.9. The van der Waals surface area contributed by atoms with Gasteiger partial charge in [0.05, 0.1) is 19.4 Å². The predicted molar refractivity (Wildman–Crippen MR) is 114 cm³/mol. The van der Waals surface area contributed by atoms with Crippen molar-refractivity contribution in [1.82, 2.24) is 10.1 Å². The van der Waals surface area contributed by atoms with Crippen molar-refractivity contribution in [1.29, 1.82) is 0 Å². The maximum absolute atomic E-state index is 12.8. The van der Waals surface area contributed by atoms with Gasteiger partial charge in [0.15, 0.2) is 11.5 Å². The monoisotopic (exact) mass is 403 g/mol. The van der Waals surface area contributed by atoms with Crippen LogP contribution in [0.5, 0.6) is 11.5 Å². The van der Waals surface area contributed by atoms with Crippen LogP contribution in [0, 0.1) is 0 Å². The lowest BCUT2D eigenvalue weighted by Crippen LogP contribution is -2.12. The summed E-state index contributed by atoms with van der Waals surface area (Å²) in [5, 5.41) is 7.59. The first kappa shape index (κ1) is 19.4. The Bertz CT molecular complexity index is 1170. The van der Waals surface area contributed by atoms with Gasteiger partial charge in [-0.15, -0.1) is 0 Å². The fraction of sp³-hybridized carbons (Fsp3) is 0.174. The predicted octanol–water partition coefficient (Wildman–Crippen LogP) is 4.94. The van der Waals surface area contributed by atoms with E-state index in [1.165, 1.54) is 0 Å². The van der Waals surface area contributed by atoms with Crippen LogP contribution in [0.25, 0.3) is 22.2 Å². The minimum absolute atomic E-state index is 0.184. The number of methoxy groups -OCH3 is 1. The van der Waals surface area contributed by atoms with Crippen LogP contribution in [0.3, 0.4) is 0 Å². The second kappa shape index (κ2) is 8.65. The van der Waals surface area contributed by atoms with E-state index in [0.29, 0.717) is 29.3 Å². The Morgan fingerprint density at radius 1 is 1.13 bits per heavy atom. The van der Waals surface area contributed by atoms with E-state index < -0.39 is 0 Å². The van der Waals surface area contributed by atoms with E-state index in [2.05, 4.69) is 15.5 Å². The highest BCUT2D eigenvalue weighted by atomic mass is 16.5. The first-order valence-electron chi connectivity index (χ1n) is 9.62. The molecule has 0 fully saturated rings. The normalized spacial score (nSPS) is 10.7. The number of rotatable bonds is 7. The minimum atomic E-state index is -0.370. The summed E-state index contributed by atoms with van der Waals surface area (Å²) < 4.78 is 16.3. The van der Waals surface area contributed by atoms with E-state index in [0.717, 1.165) is 23.1 Å². The van der Waals surface area contributed by atoms with Crippen LogP contribution in [0.1, 0.15) is 23.8 Å². The molecular weight excluding hydrogens is 382 g/mol. The zero-order valence-corrected chi connectivity index (χ0v) is 16.7. The molecule has 0 saturated carbocycles. The molecule has 152 valence electrons. The van der Waals surface area contributed by atoms with E-state index in [1.807, 2.05) is 49.4 Å². The largest absolute Gasteiger partial charge is 0.497 e.